The number of alkyl halides is 1. The lowest BCUT2D eigenvalue weighted by Crippen LogP contribution is -2.07. The third kappa shape index (κ3) is 4.55. The van der Waals surface area contributed by atoms with E-state index in [1.165, 1.54) is 12.8 Å². The number of hydrogen-bond acceptors (Lipinski definition) is 3. The fourth-order valence-electron chi connectivity index (χ4n) is 1.70. The summed E-state index contributed by atoms with van der Waals surface area (Å²) in [5, 5.41) is 0. The molecule has 1 saturated carbocycles. The lowest BCUT2D eigenvalue weighted by Gasteiger charge is -2.15. The largest absolute Gasteiger partial charge is 0.490 e. The molecule has 0 atom stereocenters. The molecule has 1 fully saturated rings. The number of hydrogen-bond donors (Lipinski definition) is 0. The van der Waals surface area contributed by atoms with Gasteiger partial charge in [-0.05, 0) is 59.3 Å². The Kier molecular flexibility index (Phi) is 5.79. The standard InChI is InChI=1S/C14H18BrClO3/c1-2-18-13-6-11(7-16)5-12(15)14(13)19-9-17-8-10-3-4-10/h5-6,10H,2-4,7-9H2,1H3. The van der Waals surface area contributed by atoms with Crippen LogP contribution < -0.4 is 9.47 Å². The minimum atomic E-state index is 0.245. The Morgan fingerprint density at radius 1 is 1.32 bits per heavy atom. The molecule has 19 heavy (non-hydrogen) atoms. The second-order valence-corrected chi connectivity index (χ2v) is 5.67. The van der Waals surface area contributed by atoms with Crippen molar-refractivity contribution in [1.29, 1.82) is 0 Å². The Morgan fingerprint density at radius 3 is 2.74 bits per heavy atom. The molecule has 1 aliphatic carbocycles. The first kappa shape index (κ1) is 14.9. The van der Waals surface area contributed by atoms with Crippen LogP contribution in [-0.4, -0.2) is 20.0 Å². The highest BCUT2D eigenvalue weighted by Crippen LogP contribution is 2.37. The fraction of sp³-hybridized carbons (Fsp3) is 0.571. The van der Waals surface area contributed by atoms with Crippen molar-refractivity contribution in [2.24, 2.45) is 5.92 Å². The number of benzene rings is 1. The highest BCUT2D eigenvalue weighted by atomic mass is 79.9. The van der Waals surface area contributed by atoms with Crippen molar-refractivity contribution in [2.75, 3.05) is 20.0 Å². The highest BCUT2D eigenvalue weighted by Gasteiger charge is 2.21. The number of halogens is 2. The Balaban J connectivity index is 1.98. The fourth-order valence-corrected chi connectivity index (χ4v) is 2.46. The first-order valence-electron chi connectivity index (χ1n) is 6.46. The van der Waals surface area contributed by atoms with E-state index in [0.717, 1.165) is 22.6 Å². The van der Waals surface area contributed by atoms with Crippen molar-refractivity contribution >= 4 is 27.5 Å². The van der Waals surface area contributed by atoms with Gasteiger partial charge in [0.25, 0.3) is 0 Å². The molecular formula is C14H18BrClO3. The monoisotopic (exact) mass is 348 g/mol. The predicted molar refractivity (Wildman–Crippen MR) is 79.0 cm³/mol. The smallest absolute Gasteiger partial charge is 0.189 e. The quantitative estimate of drug-likeness (QED) is 0.397. The van der Waals surface area contributed by atoms with E-state index in [1.54, 1.807) is 0 Å². The van der Waals surface area contributed by atoms with Gasteiger partial charge in [-0.25, -0.2) is 0 Å². The maximum absolute atomic E-state index is 5.85. The van der Waals surface area contributed by atoms with Crippen molar-refractivity contribution < 1.29 is 14.2 Å². The van der Waals surface area contributed by atoms with E-state index < -0.39 is 0 Å². The molecule has 1 aromatic rings. The van der Waals surface area contributed by atoms with Gasteiger partial charge in [-0.1, -0.05) is 0 Å². The molecule has 0 radical (unpaired) electrons. The SMILES string of the molecule is CCOc1cc(CCl)cc(Br)c1OCOCC1CC1. The maximum atomic E-state index is 5.85. The average molecular weight is 350 g/mol. The molecule has 0 unspecified atom stereocenters. The van der Waals surface area contributed by atoms with Crippen molar-refractivity contribution in [3.63, 3.8) is 0 Å². The van der Waals surface area contributed by atoms with Gasteiger partial charge in [0.1, 0.15) is 0 Å². The summed E-state index contributed by atoms with van der Waals surface area (Å²) in [5.41, 5.74) is 0.989. The summed E-state index contributed by atoms with van der Waals surface area (Å²) >= 11 is 9.33. The Morgan fingerprint density at radius 2 is 2.11 bits per heavy atom. The maximum Gasteiger partial charge on any atom is 0.189 e. The second kappa shape index (κ2) is 7.36. The van der Waals surface area contributed by atoms with Crippen LogP contribution in [0.5, 0.6) is 11.5 Å². The van der Waals surface area contributed by atoms with Crippen molar-refractivity contribution in [3.05, 3.63) is 22.2 Å². The molecule has 0 spiro atoms. The topological polar surface area (TPSA) is 27.7 Å². The van der Waals surface area contributed by atoms with E-state index >= 15 is 0 Å². The molecule has 1 aromatic carbocycles. The van der Waals surface area contributed by atoms with Gasteiger partial charge in [0.2, 0.25) is 0 Å². The summed E-state index contributed by atoms with van der Waals surface area (Å²) < 4.78 is 17.6. The average Bonchev–Trinajstić information content (AvgIpc) is 3.21. The molecule has 3 nitrogen and oxygen atoms in total. The van der Waals surface area contributed by atoms with Gasteiger partial charge in [-0.3, -0.25) is 0 Å². The molecular weight excluding hydrogens is 332 g/mol. The zero-order valence-corrected chi connectivity index (χ0v) is 13.3. The third-order valence-electron chi connectivity index (χ3n) is 2.86. The van der Waals surface area contributed by atoms with E-state index in [9.17, 15) is 0 Å². The van der Waals surface area contributed by atoms with Gasteiger partial charge in [-0.2, -0.15) is 0 Å². The first-order chi connectivity index (χ1) is 9.24. The van der Waals surface area contributed by atoms with Gasteiger partial charge >= 0.3 is 0 Å². The van der Waals surface area contributed by atoms with Crippen LogP contribution in [0.25, 0.3) is 0 Å². The van der Waals surface area contributed by atoms with Crippen LogP contribution in [0, 0.1) is 5.92 Å². The summed E-state index contributed by atoms with van der Waals surface area (Å²) in [6.45, 7) is 3.54. The van der Waals surface area contributed by atoms with E-state index in [-0.39, 0.29) is 6.79 Å². The van der Waals surface area contributed by atoms with Crippen molar-refractivity contribution in [3.8, 4) is 11.5 Å². The van der Waals surface area contributed by atoms with Crippen LogP contribution in [0.1, 0.15) is 25.3 Å². The third-order valence-corrected chi connectivity index (χ3v) is 3.76. The highest BCUT2D eigenvalue weighted by molar-refractivity contribution is 9.10. The van der Waals surface area contributed by atoms with Crippen LogP contribution in [0.4, 0.5) is 0 Å². The molecule has 0 saturated heterocycles. The van der Waals surface area contributed by atoms with Gasteiger partial charge in [-0.15, -0.1) is 11.6 Å². The van der Waals surface area contributed by atoms with Crippen LogP contribution >= 0.6 is 27.5 Å². The minimum Gasteiger partial charge on any atom is -0.490 e. The zero-order chi connectivity index (χ0) is 13.7. The molecule has 1 aliphatic rings. The Hall–Kier alpha value is -0.450. The molecule has 0 aromatic heterocycles. The lowest BCUT2D eigenvalue weighted by atomic mass is 10.2. The molecule has 0 amide bonds. The Bertz CT molecular complexity index is 421. The van der Waals surface area contributed by atoms with Crippen LogP contribution in [0.3, 0.4) is 0 Å². The van der Waals surface area contributed by atoms with Crippen molar-refractivity contribution in [2.45, 2.75) is 25.6 Å². The van der Waals surface area contributed by atoms with E-state index in [4.69, 9.17) is 25.8 Å². The molecule has 106 valence electrons. The molecule has 5 heteroatoms. The molecule has 2 rings (SSSR count). The van der Waals surface area contributed by atoms with E-state index in [2.05, 4.69) is 15.9 Å². The molecule has 0 bridgehead atoms. The van der Waals surface area contributed by atoms with Crippen LogP contribution in [0.15, 0.2) is 16.6 Å². The summed E-state index contributed by atoms with van der Waals surface area (Å²) in [7, 11) is 0. The number of ether oxygens (including phenoxy) is 3. The second-order valence-electron chi connectivity index (χ2n) is 4.55. The predicted octanol–water partition coefficient (Wildman–Crippen LogP) is 4.35. The Labute approximate surface area is 127 Å². The van der Waals surface area contributed by atoms with E-state index in [1.807, 2.05) is 19.1 Å². The molecule has 0 N–H and O–H groups in total. The first-order valence-corrected chi connectivity index (χ1v) is 7.79. The van der Waals surface area contributed by atoms with Gasteiger partial charge < -0.3 is 14.2 Å². The molecule has 0 heterocycles. The minimum absolute atomic E-state index is 0.245. The van der Waals surface area contributed by atoms with Gasteiger partial charge in [0, 0.05) is 5.88 Å². The zero-order valence-electron chi connectivity index (χ0n) is 11.0. The number of rotatable bonds is 8. The van der Waals surface area contributed by atoms with Crippen molar-refractivity contribution in [1.82, 2.24) is 0 Å². The van der Waals surface area contributed by atoms with Crippen LogP contribution in [-0.2, 0) is 10.6 Å². The van der Waals surface area contributed by atoms with Gasteiger partial charge in [0.05, 0.1) is 17.7 Å². The summed E-state index contributed by atoms with van der Waals surface area (Å²) in [5.74, 6) is 2.54. The summed E-state index contributed by atoms with van der Waals surface area (Å²) in [6, 6.07) is 3.84. The summed E-state index contributed by atoms with van der Waals surface area (Å²) in [6.07, 6.45) is 2.55. The van der Waals surface area contributed by atoms with Gasteiger partial charge in [0.15, 0.2) is 18.3 Å². The summed E-state index contributed by atoms with van der Waals surface area (Å²) in [4.78, 5) is 0. The van der Waals surface area contributed by atoms with Crippen LogP contribution in [0.2, 0.25) is 0 Å². The van der Waals surface area contributed by atoms with E-state index in [0.29, 0.717) is 24.0 Å². The normalized spacial score (nSPS) is 14.5. The molecule has 0 aliphatic heterocycles. The lowest BCUT2D eigenvalue weighted by molar-refractivity contribution is 0.00795.